The lowest BCUT2D eigenvalue weighted by Crippen LogP contribution is -2.04. The van der Waals surface area contributed by atoms with Gasteiger partial charge >= 0.3 is 6.01 Å². The number of aryl methyl sites for hydroxylation is 1. The van der Waals surface area contributed by atoms with Crippen molar-refractivity contribution in [1.29, 1.82) is 0 Å². The van der Waals surface area contributed by atoms with Crippen LogP contribution in [0.25, 0.3) is 0 Å². The van der Waals surface area contributed by atoms with E-state index in [0.29, 0.717) is 10.2 Å². The topological polar surface area (TPSA) is 61.0 Å². The van der Waals surface area contributed by atoms with Crippen molar-refractivity contribution in [3.8, 4) is 11.8 Å². The number of aromatic nitrogens is 2. The summed E-state index contributed by atoms with van der Waals surface area (Å²) in [6.45, 7) is 2.08. The zero-order chi connectivity index (χ0) is 13.1. The molecule has 6 heteroatoms. The van der Waals surface area contributed by atoms with Crippen molar-refractivity contribution in [2.45, 2.75) is 13.5 Å². The fraction of sp³-hybridized carbons (Fsp3) is 0.167. The van der Waals surface area contributed by atoms with Crippen molar-refractivity contribution < 1.29 is 9.13 Å². The molecule has 1 aromatic carbocycles. The molecule has 0 aliphatic carbocycles. The number of benzene rings is 1. The molecule has 0 atom stereocenters. The first-order valence-electron chi connectivity index (χ1n) is 5.26. The number of hydrogen-bond donors (Lipinski definition) is 1. The van der Waals surface area contributed by atoms with Crippen LogP contribution in [0.5, 0.6) is 11.8 Å². The van der Waals surface area contributed by atoms with Gasteiger partial charge in [0.1, 0.15) is 0 Å². The molecule has 1 heterocycles. The minimum absolute atomic E-state index is 0.0675. The van der Waals surface area contributed by atoms with Gasteiger partial charge in [-0.15, -0.1) is 0 Å². The Labute approximate surface area is 112 Å². The quantitative estimate of drug-likeness (QED) is 0.946. The molecule has 94 valence electrons. The third-order valence-corrected chi connectivity index (χ3v) is 2.68. The first-order chi connectivity index (χ1) is 8.58. The average molecular weight is 312 g/mol. The van der Waals surface area contributed by atoms with E-state index in [1.165, 1.54) is 12.1 Å². The molecule has 2 aromatic rings. The van der Waals surface area contributed by atoms with Gasteiger partial charge in [-0.05, 0) is 31.2 Å². The average Bonchev–Trinajstić information content (AvgIpc) is 2.33. The third-order valence-electron chi connectivity index (χ3n) is 2.19. The maximum Gasteiger partial charge on any atom is 0.322 e. The second-order valence-electron chi connectivity index (χ2n) is 3.66. The van der Waals surface area contributed by atoms with E-state index >= 15 is 0 Å². The molecule has 0 aliphatic rings. The van der Waals surface area contributed by atoms with Crippen LogP contribution in [-0.2, 0) is 6.54 Å². The highest BCUT2D eigenvalue weighted by Gasteiger charge is 2.08. The zero-order valence-electron chi connectivity index (χ0n) is 9.65. The molecule has 0 amide bonds. The Hall–Kier alpha value is -1.53. The lowest BCUT2D eigenvalue weighted by molar-refractivity contribution is 0.408. The summed E-state index contributed by atoms with van der Waals surface area (Å²) < 4.78 is 19.6. The van der Waals surface area contributed by atoms with Crippen molar-refractivity contribution in [3.63, 3.8) is 0 Å². The molecule has 0 radical (unpaired) electrons. The van der Waals surface area contributed by atoms with Crippen LogP contribution in [0.1, 0.15) is 11.4 Å². The minimum atomic E-state index is -0.474. The van der Waals surface area contributed by atoms with Gasteiger partial charge in [0.2, 0.25) is 0 Å². The van der Waals surface area contributed by atoms with E-state index in [2.05, 4.69) is 25.9 Å². The van der Waals surface area contributed by atoms with E-state index in [1.807, 2.05) is 0 Å². The highest BCUT2D eigenvalue weighted by atomic mass is 79.9. The Kier molecular flexibility index (Phi) is 3.88. The number of halogens is 2. The normalized spacial score (nSPS) is 10.4. The van der Waals surface area contributed by atoms with Crippen LogP contribution >= 0.6 is 15.9 Å². The number of rotatable bonds is 3. The molecule has 0 spiro atoms. The Balaban J connectivity index is 2.33. The lowest BCUT2D eigenvalue weighted by Gasteiger charge is -2.07. The summed E-state index contributed by atoms with van der Waals surface area (Å²) in [4.78, 5) is 8.15. The Morgan fingerprint density at radius 3 is 2.83 bits per heavy atom. The minimum Gasteiger partial charge on any atom is -0.421 e. The van der Waals surface area contributed by atoms with Gasteiger partial charge in [-0.3, -0.25) is 0 Å². The molecule has 4 nitrogen and oxygen atoms in total. The van der Waals surface area contributed by atoms with E-state index in [9.17, 15) is 4.39 Å². The van der Waals surface area contributed by atoms with E-state index in [1.54, 1.807) is 19.1 Å². The molecule has 0 fully saturated rings. The standard InChI is InChI=1S/C12H11BrFN3O/c1-7-4-9(6-15)17-12(16-7)18-11-5-8(13)2-3-10(11)14/h2-5H,6,15H2,1H3. The van der Waals surface area contributed by atoms with Gasteiger partial charge in [0.05, 0.1) is 5.69 Å². The Morgan fingerprint density at radius 2 is 2.11 bits per heavy atom. The van der Waals surface area contributed by atoms with Gasteiger partial charge in [0.25, 0.3) is 0 Å². The summed E-state index contributed by atoms with van der Waals surface area (Å²) in [6, 6.07) is 6.25. The van der Waals surface area contributed by atoms with Gasteiger partial charge in [-0.2, -0.15) is 4.98 Å². The summed E-state index contributed by atoms with van der Waals surface area (Å²) in [5.74, 6) is -0.407. The molecule has 2 N–H and O–H groups in total. The number of ether oxygens (including phenoxy) is 1. The van der Waals surface area contributed by atoms with Crippen LogP contribution < -0.4 is 10.5 Å². The smallest absolute Gasteiger partial charge is 0.322 e. The third kappa shape index (κ3) is 3.02. The molecule has 1 aromatic heterocycles. The van der Waals surface area contributed by atoms with Crippen LogP contribution in [0.3, 0.4) is 0 Å². The van der Waals surface area contributed by atoms with E-state index in [4.69, 9.17) is 10.5 Å². The van der Waals surface area contributed by atoms with Gasteiger partial charge in [0, 0.05) is 16.7 Å². The molecule has 0 bridgehead atoms. The zero-order valence-corrected chi connectivity index (χ0v) is 11.2. The second kappa shape index (κ2) is 5.41. The van der Waals surface area contributed by atoms with Gasteiger partial charge in [-0.1, -0.05) is 15.9 Å². The predicted molar refractivity (Wildman–Crippen MR) is 68.8 cm³/mol. The SMILES string of the molecule is Cc1cc(CN)nc(Oc2cc(Br)ccc2F)n1. The van der Waals surface area contributed by atoms with Crippen LogP contribution in [0.15, 0.2) is 28.7 Å². The van der Waals surface area contributed by atoms with Crippen molar-refractivity contribution in [2.75, 3.05) is 0 Å². The van der Waals surface area contributed by atoms with Crippen LogP contribution in [0, 0.1) is 12.7 Å². The highest BCUT2D eigenvalue weighted by Crippen LogP contribution is 2.25. The van der Waals surface area contributed by atoms with Crippen LogP contribution in [0.4, 0.5) is 4.39 Å². The summed E-state index contributed by atoms with van der Waals surface area (Å²) in [6.07, 6.45) is 0. The molecular formula is C12H11BrFN3O. The summed E-state index contributed by atoms with van der Waals surface area (Å²) in [5, 5.41) is 0. The highest BCUT2D eigenvalue weighted by molar-refractivity contribution is 9.10. The molecular weight excluding hydrogens is 301 g/mol. The maximum atomic E-state index is 13.5. The van der Waals surface area contributed by atoms with Gasteiger partial charge in [-0.25, -0.2) is 9.37 Å². The molecule has 2 rings (SSSR count). The second-order valence-corrected chi connectivity index (χ2v) is 4.58. The van der Waals surface area contributed by atoms with E-state index < -0.39 is 5.82 Å². The van der Waals surface area contributed by atoms with Crippen molar-refractivity contribution >= 4 is 15.9 Å². The monoisotopic (exact) mass is 311 g/mol. The summed E-state index contributed by atoms with van der Waals surface area (Å²) >= 11 is 3.24. The largest absolute Gasteiger partial charge is 0.421 e. The van der Waals surface area contributed by atoms with Crippen molar-refractivity contribution in [3.05, 3.63) is 45.9 Å². The summed E-state index contributed by atoms with van der Waals surface area (Å²) in [5.41, 5.74) is 6.87. The first-order valence-corrected chi connectivity index (χ1v) is 6.05. The van der Waals surface area contributed by atoms with Gasteiger partial charge < -0.3 is 10.5 Å². The molecule has 0 aliphatic heterocycles. The van der Waals surface area contributed by atoms with Crippen LogP contribution in [-0.4, -0.2) is 9.97 Å². The summed E-state index contributed by atoms with van der Waals surface area (Å²) in [7, 11) is 0. The maximum absolute atomic E-state index is 13.5. The van der Waals surface area contributed by atoms with E-state index in [0.717, 1.165) is 5.69 Å². The number of nitrogens with two attached hydrogens (primary N) is 1. The molecule has 18 heavy (non-hydrogen) atoms. The predicted octanol–water partition coefficient (Wildman–Crippen LogP) is 2.94. The van der Waals surface area contributed by atoms with Crippen molar-refractivity contribution in [2.24, 2.45) is 5.73 Å². The molecule has 0 saturated carbocycles. The Bertz CT molecular complexity index is 577. The van der Waals surface area contributed by atoms with Crippen molar-refractivity contribution in [1.82, 2.24) is 9.97 Å². The van der Waals surface area contributed by atoms with Crippen LogP contribution in [0.2, 0.25) is 0 Å². The first kappa shape index (κ1) is 12.9. The number of hydrogen-bond acceptors (Lipinski definition) is 4. The molecule has 0 saturated heterocycles. The molecule has 0 unspecified atom stereocenters. The Morgan fingerprint density at radius 1 is 1.33 bits per heavy atom. The van der Waals surface area contributed by atoms with E-state index in [-0.39, 0.29) is 18.3 Å². The fourth-order valence-corrected chi connectivity index (χ4v) is 1.75. The number of nitrogens with zero attached hydrogens (tertiary/aromatic N) is 2. The van der Waals surface area contributed by atoms with Gasteiger partial charge in [0.15, 0.2) is 11.6 Å². The lowest BCUT2D eigenvalue weighted by atomic mass is 10.3. The fourth-order valence-electron chi connectivity index (χ4n) is 1.41.